The van der Waals surface area contributed by atoms with Crippen molar-refractivity contribution in [3.8, 4) is 5.75 Å². The van der Waals surface area contributed by atoms with E-state index in [1.807, 2.05) is 0 Å². The molecule has 0 fully saturated rings. The van der Waals surface area contributed by atoms with Gasteiger partial charge >= 0.3 is 0 Å². The number of nitrogens with zero attached hydrogens (tertiary/aromatic N) is 3. The quantitative estimate of drug-likeness (QED) is 0.551. The number of aromatic nitrogens is 2. The van der Waals surface area contributed by atoms with Crippen LogP contribution < -0.4 is 9.16 Å². The third-order valence-corrected chi connectivity index (χ3v) is 3.24. The van der Waals surface area contributed by atoms with E-state index in [1.165, 1.54) is 12.4 Å². The maximum Gasteiger partial charge on any atom is 0.286 e. The molecule has 3 rings (SSSR count). The van der Waals surface area contributed by atoms with E-state index in [-0.39, 0.29) is 5.69 Å². The van der Waals surface area contributed by atoms with Gasteiger partial charge in [0.25, 0.3) is 11.7 Å². The molecular weight excluding hydrogens is 282 g/mol. The first kappa shape index (κ1) is 13.8. The molecular formula is C16H13N3O3. The van der Waals surface area contributed by atoms with Gasteiger partial charge < -0.3 is 14.7 Å². The average Bonchev–Trinajstić information content (AvgIpc) is 2.57. The predicted octanol–water partition coefficient (Wildman–Crippen LogP) is 2.66. The third kappa shape index (κ3) is 2.54. The Bertz CT molecular complexity index is 899. The van der Waals surface area contributed by atoms with Gasteiger partial charge in [-0.1, -0.05) is 12.1 Å². The second kappa shape index (κ2) is 5.69. The Labute approximate surface area is 126 Å². The number of para-hydroxylation sites is 2. The fourth-order valence-electron chi connectivity index (χ4n) is 2.10. The number of fused-ring (bicyclic) bond motifs is 1. The molecule has 3 aromatic rings. The summed E-state index contributed by atoms with van der Waals surface area (Å²) in [7, 11) is 1.58. The van der Waals surface area contributed by atoms with E-state index >= 15 is 0 Å². The minimum atomic E-state index is 0.171. The smallest absolute Gasteiger partial charge is 0.286 e. The molecule has 22 heavy (non-hydrogen) atoms. The van der Waals surface area contributed by atoms with E-state index in [9.17, 15) is 10.1 Å². The van der Waals surface area contributed by atoms with Crippen molar-refractivity contribution in [2.45, 2.75) is 0 Å². The van der Waals surface area contributed by atoms with Crippen molar-refractivity contribution in [1.82, 2.24) is 4.73 Å². The van der Waals surface area contributed by atoms with E-state index in [0.717, 1.165) is 5.75 Å². The summed E-state index contributed by atoms with van der Waals surface area (Å²) in [6.07, 6.45) is 2.58. The standard InChI is InChI=1S/C16H13N3O3/c1-22-14-8-6-12(7-9-14)17-10-13-11-18(20)15-4-2-3-5-16(15)19(13)21/h2-11H,1H3. The van der Waals surface area contributed by atoms with Gasteiger partial charge in [0.2, 0.25) is 0 Å². The van der Waals surface area contributed by atoms with Crippen LogP contribution in [0, 0.1) is 10.1 Å². The van der Waals surface area contributed by atoms with Crippen LogP contribution in [0.25, 0.3) is 11.0 Å². The van der Waals surface area contributed by atoms with E-state index in [1.54, 1.807) is 55.6 Å². The first-order chi connectivity index (χ1) is 10.7. The van der Waals surface area contributed by atoms with Crippen molar-refractivity contribution < 1.29 is 9.16 Å². The minimum absolute atomic E-state index is 0.171. The third-order valence-electron chi connectivity index (χ3n) is 3.24. The van der Waals surface area contributed by atoms with Crippen LogP contribution >= 0.6 is 0 Å². The summed E-state index contributed by atoms with van der Waals surface area (Å²) in [6.45, 7) is 0. The lowest BCUT2D eigenvalue weighted by Crippen LogP contribution is -2.19. The van der Waals surface area contributed by atoms with Gasteiger partial charge in [-0.15, -0.1) is 0 Å². The van der Waals surface area contributed by atoms with Gasteiger partial charge in [-0.2, -0.15) is 0 Å². The maximum absolute atomic E-state index is 12.3. The van der Waals surface area contributed by atoms with E-state index in [2.05, 4.69) is 4.99 Å². The van der Waals surface area contributed by atoms with Crippen molar-refractivity contribution in [3.63, 3.8) is 0 Å². The van der Waals surface area contributed by atoms with E-state index in [0.29, 0.717) is 25.9 Å². The van der Waals surface area contributed by atoms with Gasteiger partial charge in [-0.3, -0.25) is 4.99 Å². The zero-order chi connectivity index (χ0) is 15.5. The lowest BCUT2D eigenvalue weighted by molar-refractivity contribution is -0.464. The highest BCUT2D eigenvalue weighted by atomic mass is 16.5. The van der Waals surface area contributed by atoms with Crippen molar-refractivity contribution in [1.29, 1.82) is 0 Å². The van der Waals surface area contributed by atoms with Crippen molar-refractivity contribution in [2.24, 2.45) is 4.99 Å². The molecule has 0 aliphatic carbocycles. The molecule has 0 saturated carbocycles. The number of aliphatic imine (C=N–C) groups is 1. The summed E-state index contributed by atoms with van der Waals surface area (Å²) in [5, 5.41) is 12.3. The molecule has 6 heteroatoms. The number of hydrogen-bond donors (Lipinski definition) is 0. The van der Waals surface area contributed by atoms with Gasteiger partial charge in [0.05, 0.1) is 23.4 Å². The van der Waals surface area contributed by atoms with Crippen LogP contribution in [0.4, 0.5) is 5.69 Å². The van der Waals surface area contributed by atoms with Gasteiger partial charge in [0.15, 0.2) is 0 Å². The SMILES string of the molecule is COc1ccc(N=Cc2c[n+](=O)c3ccccc3n2[O-])cc1. The summed E-state index contributed by atoms with van der Waals surface area (Å²) in [4.78, 5) is 16.1. The predicted molar refractivity (Wildman–Crippen MR) is 84.3 cm³/mol. The summed E-state index contributed by atoms with van der Waals surface area (Å²) in [6, 6.07) is 13.7. The summed E-state index contributed by atoms with van der Waals surface area (Å²) in [5.41, 5.74) is 1.45. The molecule has 2 aromatic carbocycles. The highest BCUT2D eigenvalue weighted by Crippen LogP contribution is 2.17. The molecule has 0 atom stereocenters. The average molecular weight is 295 g/mol. The molecule has 0 aliphatic rings. The van der Waals surface area contributed by atoms with Crippen LogP contribution in [0.3, 0.4) is 0 Å². The molecule has 1 heterocycles. The normalized spacial score (nSPS) is 11.1. The van der Waals surface area contributed by atoms with Gasteiger partial charge in [0.1, 0.15) is 17.0 Å². The monoisotopic (exact) mass is 295 g/mol. The second-order valence-electron chi connectivity index (χ2n) is 4.62. The molecule has 0 radical (unpaired) electrons. The largest absolute Gasteiger partial charge is 0.805 e. The molecule has 0 bridgehead atoms. The minimum Gasteiger partial charge on any atom is -0.805 e. The number of ether oxygens (including phenoxy) is 1. The fourth-order valence-corrected chi connectivity index (χ4v) is 2.10. The molecule has 0 saturated heterocycles. The first-order valence-corrected chi connectivity index (χ1v) is 6.61. The lowest BCUT2D eigenvalue weighted by atomic mass is 10.3. The summed E-state index contributed by atoms with van der Waals surface area (Å²) in [5.74, 6) is 0.723. The molecule has 0 unspecified atom stereocenters. The number of methoxy groups -OCH3 is 1. The Balaban J connectivity index is 2.01. The summed E-state index contributed by atoms with van der Waals surface area (Å²) >= 11 is 0. The maximum atomic E-state index is 12.3. The lowest BCUT2D eigenvalue weighted by Gasteiger charge is -2.13. The Morgan fingerprint density at radius 3 is 2.64 bits per heavy atom. The Morgan fingerprint density at radius 2 is 1.91 bits per heavy atom. The van der Waals surface area contributed by atoms with Crippen molar-refractivity contribution in [3.05, 3.63) is 70.5 Å². The highest BCUT2D eigenvalue weighted by molar-refractivity contribution is 5.83. The molecule has 0 N–H and O–H groups in total. The molecule has 110 valence electrons. The Hall–Kier alpha value is -3.15. The highest BCUT2D eigenvalue weighted by Gasteiger charge is 2.09. The number of benzene rings is 2. The molecule has 0 spiro atoms. The van der Waals surface area contributed by atoms with Crippen molar-refractivity contribution in [2.75, 3.05) is 7.11 Å². The van der Waals surface area contributed by atoms with Crippen LogP contribution in [0.15, 0.2) is 59.7 Å². The van der Waals surface area contributed by atoms with E-state index in [4.69, 9.17) is 4.74 Å². The van der Waals surface area contributed by atoms with Crippen LogP contribution in [0.5, 0.6) is 5.75 Å². The van der Waals surface area contributed by atoms with Crippen LogP contribution in [-0.4, -0.2) is 18.1 Å². The Kier molecular flexibility index (Phi) is 3.57. The second-order valence-corrected chi connectivity index (χ2v) is 4.62. The molecule has 0 amide bonds. The summed E-state index contributed by atoms with van der Waals surface area (Å²) < 4.78 is 6.42. The van der Waals surface area contributed by atoms with Crippen LogP contribution in [0.2, 0.25) is 0 Å². The number of rotatable bonds is 3. The Morgan fingerprint density at radius 1 is 1.18 bits per heavy atom. The number of hydrogen-bond acceptors (Lipinski definition) is 4. The van der Waals surface area contributed by atoms with E-state index < -0.39 is 0 Å². The zero-order valence-electron chi connectivity index (χ0n) is 11.8. The first-order valence-electron chi connectivity index (χ1n) is 6.61. The molecule has 6 nitrogen and oxygen atoms in total. The van der Waals surface area contributed by atoms with Gasteiger partial charge in [0, 0.05) is 11.0 Å². The fraction of sp³-hybridized carbons (Fsp3) is 0.0625. The molecule has 0 aliphatic heterocycles. The molecule has 1 aromatic heterocycles. The van der Waals surface area contributed by atoms with Gasteiger partial charge in [-0.25, -0.2) is 0 Å². The van der Waals surface area contributed by atoms with Crippen molar-refractivity contribution >= 4 is 22.9 Å². The van der Waals surface area contributed by atoms with Crippen LogP contribution in [0.1, 0.15) is 5.69 Å². The zero-order valence-corrected chi connectivity index (χ0v) is 11.8. The van der Waals surface area contributed by atoms with Crippen LogP contribution in [-0.2, 0) is 0 Å². The van der Waals surface area contributed by atoms with Gasteiger partial charge in [-0.05, 0) is 30.3 Å². The topological polar surface area (TPSA) is 72.5 Å².